The van der Waals surface area contributed by atoms with Crippen molar-refractivity contribution in [3.63, 3.8) is 0 Å². The summed E-state index contributed by atoms with van der Waals surface area (Å²) in [7, 11) is 0. The number of rotatable bonds is 5. The third kappa shape index (κ3) is 3.59. The monoisotopic (exact) mass is 241 g/mol. The predicted molar refractivity (Wildman–Crippen MR) is 57.7 cm³/mol. The molecule has 0 spiro atoms. The van der Waals surface area contributed by atoms with Crippen molar-refractivity contribution in [3.8, 4) is 0 Å². The van der Waals surface area contributed by atoms with Gasteiger partial charge in [0.2, 0.25) is 0 Å². The number of nitrogens with one attached hydrogen (secondary N) is 2. The average molecular weight is 241 g/mol. The molecular formula is C9H11N3O5. The predicted octanol–water partition coefficient (Wildman–Crippen LogP) is -1.66. The van der Waals surface area contributed by atoms with Crippen molar-refractivity contribution in [1.82, 2.24) is 14.5 Å². The van der Waals surface area contributed by atoms with Crippen molar-refractivity contribution in [2.24, 2.45) is 0 Å². The van der Waals surface area contributed by atoms with Gasteiger partial charge >= 0.3 is 23.0 Å². The van der Waals surface area contributed by atoms with E-state index in [-0.39, 0.29) is 19.6 Å². The molecule has 8 heteroatoms. The summed E-state index contributed by atoms with van der Waals surface area (Å²) in [6.07, 6.45) is 1.29. The number of nitrogens with zero attached hydrogens (tertiary/aromatic N) is 1. The first-order chi connectivity index (χ1) is 8.04. The van der Waals surface area contributed by atoms with Crippen LogP contribution >= 0.6 is 0 Å². The molecule has 1 aromatic rings. The number of hydrogen-bond donors (Lipinski definition) is 2. The van der Waals surface area contributed by atoms with Gasteiger partial charge in [-0.05, 0) is 6.42 Å². The minimum atomic E-state index is -0.852. The number of aromatic amines is 2. The molecule has 0 aliphatic carbocycles. The standard InChI is InChI=1S/C9H11N3O5/c1-2-6(13)17-5-3-4-12-8(15)10-7(14)11-9(12)16/h2H,1,3-5H2,(H2,10,11,14,15,16). The van der Waals surface area contributed by atoms with Crippen LogP contribution in [0.25, 0.3) is 0 Å². The van der Waals surface area contributed by atoms with Crippen LogP contribution in [0.4, 0.5) is 0 Å². The molecule has 1 rings (SSSR count). The van der Waals surface area contributed by atoms with Gasteiger partial charge in [-0.3, -0.25) is 9.97 Å². The lowest BCUT2D eigenvalue weighted by Crippen LogP contribution is -2.43. The van der Waals surface area contributed by atoms with Crippen molar-refractivity contribution < 1.29 is 9.53 Å². The number of carbonyl (C=O) groups is 1. The van der Waals surface area contributed by atoms with Crippen molar-refractivity contribution >= 4 is 5.97 Å². The lowest BCUT2D eigenvalue weighted by atomic mass is 10.4. The smallest absolute Gasteiger partial charge is 0.333 e. The van der Waals surface area contributed by atoms with E-state index < -0.39 is 23.0 Å². The lowest BCUT2D eigenvalue weighted by Gasteiger charge is -2.03. The van der Waals surface area contributed by atoms with E-state index in [1.54, 1.807) is 0 Å². The van der Waals surface area contributed by atoms with Crippen molar-refractivity contribution in [1.29, 1.82) is 0 Å². The van der Waals surface area contributed by atoms with Gasteiger partial charge in [-0.1, -0.05) is 6.58 Å². The average Bonchev–Trinajstić information content (AvgIpc) is 2.26. The van der Waals surface area contributed by atoms with Gasteiger partial charge in [-0.25, -0.2) is 23.7 Å². The molecule has 1 aromatic heterocycles. The van der Waals surface area contributed by atoms with Gasteiger partial charge in [0.25, 0.3) is 0 Å². The number of carbonyl (C=O) groups excluding carboxylic acids is 1. The SMILES string of the molecule is C=CC(=O)OCCCn1c(=O)[nH]c(=O)[nH]c1=O. The van der Waals surface area contributed by atoms with Gasteiger partial charge in [-0.15, -0.1) is 0 Å². The summed E-state index contributed by atoms with van der Waals surface area (Å²) >= 11 is 0. The van der Waals surface area contributed by atoms with E-state index in [0.29, 0.717) is 0 Å². The molecule has 0 saturated heterocycles. The van der Waals surface area contributed by atoms with Gasteiger partial charge in [-0.2, -0.15) is 0 Å². The summed E-state index contributed by atoms with van der Waals surface area (Å²) in [5.41, 5.74) is -2.45. The fourth-order valence-corrected chi connectivity index (χ4v) is 1.11. The Kier molecular flexibility index (Phi) is 4.21. The largest absolute Gasteiger partial charge is 0.462 e. The molecule has 92 valence electrons. The summed E-state index contributed by atoms with van der Waals surface area (Å²) < 4.78 is 5.47. The third-order valence-electron chi connectivity index (χ3n) is 1.87. The van der Waals surface area contributed by atoms with Gasteiger partial charge in [0.15, 0.2) is 0 Å². The zero-order valence-corrected chi connectivity index (χ0v) is 8.89. The highest BCUT2D eigenvalue weighted by molar-refractivity contribution is 5.81. The van der Waals surface area contributed by atoms with Gasteiger partial charge in [0.05, 0.1) is 6.61 Å². The van der Waals surface area contributed by atoms with E-state index in [0.717, 1.165) is 10.6 Å². The second-order valence-electron chi connectivity index (χ2n) is 3.07. The Morgan fingerprint density at radius 2 is 1.88 bits per heavy atom. The molecule has 0 unspecified atom stereocenters. The summed E-state index contributed by atoms with van der Waals surface area (Å²) in [6.45, 7) is 3.30. The van der Waals surface area contributed by atoms with E-state index in [2.05, 4.69) is 11.3 Å². The van der Waals surface area contributed by atoms with Crippen LogP contribution in [0.1, 0.15) is 6.42 Å². The molecule has 0 bridgehead atoms. The second kappa shape index (κ2) is 5.64. The first-order valence-electron chi connectivity index (χ1n) is 4.77. The minimum Gasteiger partial charge on any atom is -0.462 e. The van der Waals surface area contributed by atoms with Crippen molar-refractivity contribution in [2.45, 2.75) is 13.0 Å². The van der Waals surface area contributed by atoms with Crippen LogP contribution in [-0.4, -0.2) is 27.1 Å². The Morgan fingerprint density at radius 3 is 2.41 bits per heavy atom. The Bertz CT molecular complexity index is 545. The van der Waals surface area contributed by atoms with E-state index in [9.17, 15) is 19.2 Å². The van der Waals surface area contributed by atoms with Gasteiger partial charge in [0, 0.05) is 12.6 Å². The highest BCUT2D eigenvalue weighted by atomic mass is 16.5. The van der Waals surface area contributed by atoms with Crippen molar-refractivity contribution in [2.75, 3.05) is 6.61 Å². The van der Waals surface area contributed by atoms with Crippen LogP contribution in [0.2, 0.25) is 0 Å². The molecular weight excluding hydrogens is 230 g/mol. The molecule has 0 fully saturated rings. The zero-order valence-electron chi connectivity index (χ0n) is 8.89. The number of ether oxygens (including phenoxy) is 1. The molecule has 1 heterocycles. The van der Waals surface area contributed by atoms with Crippen LogP contribution in [-0.2, 0) is 16.1 Å². The molecule has 0 aromatic carbocycles. The Labute approximate surface area is 94.6 Å². The third-order valence-corrected chi connectivity index (χ3v) is 1.87. The normalized spacial score (nSPS) is 9.88. The fraction of sp³-hybridized carbons (Fsp3) is 0.333. The van der Waals surface area contributed by atoms with E-state index in [1.807, 2.05) is 9.97 Å². The van der Waals surface area contributed by atoms with Crippen LogP contribution in [0, 0.1) is 0 Å². The Morgan fingerprint density at radius 1 is 1.29 bits per heavy atom. The molecule has 17 heavy (non-hydrogen) atoms. The maximum Gasteiger partial charge on any atom is 0.333 e. The molecule has 0 saturated carbocycles. The maximum absolute atomic E-state index is 11.2. The lowest BCUT2D eigenvalue weighted by molar-refractivity contribution is -0.137. The summed E-state index contributed by atoms with van der Waals surface area (Å²) in [5.74, 6) is -0.576. The Hall–Kier alpha value is -2.38. The first kappa shape index (κ1) is 12.7. The number of aromatic nitrogens is 3. The topological polar surface area (TPSA) is 114 Å². The second-order valence-corrected chi connectivity index (χ2v) is 3.07. The molecule has 0 aliphatic rings. The Balaban J connectivity index is 2.62. The summed E-state index contributed by atoms with van der Waals surface area (Å²) in [5, 5.41) is 0. The maximum atomic E-state index is 11.2. The van der Waals surface area contributed by atoms with E-state index in [1.165, 1.54) is 0 Å². The molecule has 0 amide bonds. The van der Waals surface area contributed by atoms with Crippen LogP contribution in [0.15, 0.2) is 27.0 Å². The van der Waals surface area contributed by atoms with Gasteiger partial charge in [0.1, 0.15) is 0 Å². The first-order valence-corrected chi connectivity index (χ1v) is 4.77. The number of hydrogen-bond acceptors (Lipinski definition) is 5. The zero-order chi connectivity index (χ0) is 12.8. The molecule has 2 N–H and O–H groups in total. The minimum absolute atomic E-state index is 0.0371. The summed E-state index contributed by atoms with van der Waals surface area (Å²) in [4.78, 5) is 47.6. The fourth-order valence-electron chi connectivity index (χ4n) is 1.11. The van der Waals surface area contributed by atoms with Gasteiger partial charge < -0.3 is 4.74 Å². The van der Waals surface area contributed by atoms with Crippen LogP contribution in [0.3, 0.4) is 0 Å². The van der Waals surface area contributed by atoms with E-state index in [4.69, 9.17) is 0 Å². The van der Waals surface area contributed by atoms with Crippen molar-refractivity contribution in [3.05, 3.63) is 44.1 Å². The highest BCUT2D eigenvalue weighted by Crippen LogP contribution is 1.86. The van der Waals surface area contributed by atoms with E-state index >= 15 is 0 Å². The molecule has 8 nitrogen and oxygen atoms in total. The number of H-pyrrole nitrogens is 2. The molecule has 0 radical (unpaired) electrons. The highest BCUT2D eigenvalue weighted by Gasteiger charge is 2.03. The molecule has 0 aliphatic heterocycles. The van der Waals surface area contributed by atoms with Crippen LogP contribution in [0.5, 0.6) is 0 Å². The van der Waals surface area contributed by atoms with Crippen LogP contribution < -0.4 is 17.1 Å². The molecule has 0 atom stereocenters. The number of esters is 1. The summed E-state index contributed by atoms with van der Waals surface area (Å²) in [6, 6.07) is 0. The quantitative estimate of drug-likeness (QED) is 0.364.